The Labute approximate surface area is 163 Å². The number of hydrogen-bond acceptors (Lipinski definition) is 4. The fraction of sp³-hybridized carbons (Fsp3) is 0.524. The quantitative estimate of drug-likeness (QED) is 0.585. The Kier molecular flexibility index (Phi) is 6.42. The van der Waals surface area contributed by atoms with Crippen molar-refractivity contribution in [1.82, 2.24) is 9.97 Å². The molecule has 7 heteroatoms. The van der Waals surface area contributed by atoms with E-state index in [0.29, 0.717) is 6.54 Å². The summed E-state index contributed by atoms with van der Waals surface area (Å²) in [5.41, 5.74) is 1.15. The Morgan fingerprint density at radius 2 is 1.79 bits per heavy atom. The number of rotatable bonds is 7. The highest BCUT2D eigenvalue weighted by atomic mass is 19.4. The molecule has 0 saturated heterocycles. The van der Waals surface area contributed by atoms with Crippen LogP contribution in [0.1, 0.15) is 57.1 Å². The summed E-state index contributed by atoms with van der Waals surface area (Å²) in [6.07, 6.45) is 1.56. The lowest BCUT2D eigenvalue weighted by Crippen LogP contribution is -2.22. The van der Waals surface area contributed by atoms with E-state index in [9.17, 15) is 13.2 Å². The number of ether oxygens (including phenoxy) is 1. The van der Waals surface area contributed by atoms with Crippen molar-refractivity contribution in [2.24, 2.45) is 0 Å². The van der Waals surface area contributed by atoms with Crippen molar-refractivity contribution < 1.29 is 17.9 Å². The average molecular weight is 393 g/mol. The molecule has 3 rings (SSSR count). The molecule has 1 aromatic carbocycles. The van der Waals surface area contributed by atoms with Gasteiger partial charge in [-0.15, -0.1) is 0 Å². The predicted octanol–water partition coefficient (Wildman–Crippen LogP) is 5.93. The van der Waals surface area contributed by atoms with Crippen molar-refractivity contribution in [3.63, 3.8) is 0 Å². The lowest BCUT2D eigenvalue weighted by atomic mass is 10.1. The maximum absolute atomic E-state index is 13.4. The first-order valence-corrected chi connectivity index (χ1v) is 9.89. The van der Waals surface area contributed by atoms with E-state index in [4.69, 9.17) is 4.74 Å². The zero-order valence-electron chi connectivity index (χ0n) is 16.3. The maximum atomic E-state index is 13.4. The summed E-state index contributed by atoms with van der Waals surface area (Å²) in [7, 11) is 0. The van der Waals surface area contributed by atoms with Crippen LogP contribution in [0, 0.1) is 0 Å². The molecule has 0 aliphatic heterocycles. The van der Waals surface area contributed by atoms with Gasteiger partial charge in [-0.05, 0) is 56.7 Å². The number of aromatic nitrogens is 2. The molecule has 2 aromatic rings. The molecule has 1 heterocycles. The Balaban J connectivity index is 1.92. The SMILES string of the molecule is CCCc1ccc(N(CC)c2ncc(C(F)(F)F)c(OC3CCCC3)n2)cc1. The Hall–Kier alpha value is -2.31. The third kappa shape index (κ3) is 4.75. The smallest absolute Gasteiger partial charge is 0.423 e. The predicted molar refractivity (Wildman–Crippen MR) is 103 cm³/mol. The van der Waals surface area contributed by atoms with E-state index in [1.165, 1.54) is 5.56 Å². The molecule has 1 aromatic heterocycles. The van der Waals surface area contributed by atoms with Crippen molar-refractivity contribution >= 4 is 11.6 Å². The summed E-state index contributed by atoms with van der Waals surface area (Å²) < 4.78 is 45.9. The topological polar surface area (TPSA) is 38.2 Å². The molecule has 0 radical (unpaired) electrons. The van der Waals surface area contributed by atoms with Gasteiger partial charge in [0.2, 0.25) is 11.8 Å². The summed E-state index contributed by atoms with van der Waals surface area (Å²) in [6, 6.07) is 7.96. The highest BCUT2D eigenvalue weighted by molar-refractivity contribution is 5.58. The third-order valence-electron chi connectivity index (χ3n) is 4.97. The second-order valence-corrected chi connectivity index (χ2v) is 7.07. The minimum atomic E-state index is -4.55. The average Bonchev–Trinajstić information content (AvgIpc) is 3.16. The summed E-state index contributed by atoms with van der Waals surface area (Å²) in [5, 5.41) is 0. The van der Waals surface area contributed by atoms with Gasteiger partial charge in [0.05, 0.1) is 0 Å². The Morgan fingerprint density at radius 3 is 2.36 bits per heavy atom. The first kappa shape index (κ1) is 20.4. The van der Waals surface area contributed by atoms with Gasteiger partial charge in [-0.1, -0.05) is 25.5 Å². The van der Waals surface area contributed by atoms with Gasteiger partial charge in [0.1, 0.15) is 11.7 Å². The molecule has 0 amide bonds. The van der Waals surface area contributed by atoms with E-state index < -0.39 is 11.7 Å². The standard InChI is InChI=1S/C21H26F3N3O/c1-3-7-15-10-12-16(13-11-15)27(4-2)20-25-14-18(21(22,23)24)19(26-20)28-17-8-5-6-9-17/h10-14,17H,3-9H2,1-2H3. The summed E-state index contributed by atoms with van der Waals surface area (Å²) >= 11 is 0. The van der Waals surface area contributed by atoms with Gasteiger partial charge < -0.3 is 9.64 Å². The first-order chi connectivity index (χ1) is 13.4. The molecule has 1 aliphatic rings. The Morgan fingerprint density at radius 1 is 1.11 bits per heavy atom. The fourth-order valence-corrected chi connectivity index (χ4v) is 3.51. The van der Waals surface area contributed by atoms with E-state index in [1.807, 2.05) is 31.2 Å². The van der Waals surface area contributed by atoms with Gasteiger partial charge in [0, 0.05) is 18.4 Å². The second kappa shape index (κ2) is 8.80. The number of nitrogens with zero attached hydrogens (tertiary/aromatic N) is 3. The number of alkyl halides is 3. The lowest BCUT2D eigenvalue weighted by Gasteiger charge is -2.23. The maximum Gasteiger partial charge on any atom is 0.423 e. The molecular formula is C21H26F3N3O. The third-order valence-corrected chi connectivity index (χ3v) is 4.97. The van der Waals surface area contributed by atoms with Gasteiger partial charge >= 0.3 is 6.18 Å². The molecule has 1 aliphatic carbocycles. The monoisotopic (exact) mass is 393 g/mol. The molecule has 0 bridgehead atoms. The Bertz CT molecular complexity index is 771. The second-order valence-electron chi connectivity index (χ2n) is 7.07. The van der Waals surface area contributed by atoms with Crippen LogP contribution in [-0.2, 0) is 12.6 Å². The van der Waals surface area contributed by atoms with Gasteiger partial charge in [0.25, 0.3) is 0 Å². The number of hydrogen-bond donors (Lipinski definition) is 0. The highest BCUT2D eigenvalue weighted by Gasteiger charge is 2.37. The van der Waals surface area contributed by atoms with E-state index in [2.05, 4.69) is 16.9 Å². The van der Waals surface area contributed by atoms with Gasteiger partial charge in [-0.25, -0.2) is 4.98 Å². The van der Waals surface area contributed by atoms with Crippen molar-refractivity contribution in [2.45, 2.75) is 64.7 Å². The van der Waals surface area contributed by atoms with Crippen molar-refractivity contribution in [3.05, 3.63) is 41.6 Å². The van der Waals surface area contributed by atoms with Crippen molar-refractivity contribution in [3.8, 4) is 5.88 Å². The van der Waals surface area contributed by atoms with Crippen LogP contribution in [0.4, 0.5) is 24.8 Å². The van der Waals surface area contributed by atoms with Crippen LogP contribution < -0.4 is 9.64 Å². The number of anilines is 2. The molecule has 1 saturated carbocycles. The molecule has 28 heavy (non-hydrogen) atoms. The molecule has 1 fully saturated rings. The summed E-state index contributed by atoms with van der Waals surface area (Å²) in [4.78, 5) is 9.97. The molecular weight excluding hydrogens is 367 g/mol. The van der Waals surface area contributed by atoms with E-state index >= 15 is 0 Å². The van der Waals surface area contributed by atoms with Gasteiger partial charge in [0.15, 0.2) is 0 Å². The minimum absolute atomic E-state index is 0.215. The summed E-state index contributed by atoms with van der Waals surface area (Å²) in [5.74, 6) is -0.155. The van der Waals surface area contributed by atoms with Crippen LogP contribution in [0.25, 0.3) is 0 Å². The molecule has 0 spiro atoms. The molecule has 4 nitrogen and oxygen atoms in total. The summed E-state index contributed by atoms with van der Waals surface area (Å²) in [6.45, 7) is 4.56. The van der Waals surface area contributed by atoms with Crippen LogP contribution >= 0.6 is 0 Å². The van der Waals surface area contributed by atoms with E-state index in [1.54, 1.807) is 4.90 Å². The minimum Gasteiger partial charge on any atom is -0.474 e. The zero-order chi connectivity index (χ0) is 20.1. The lowest BCUT2D eigenvalue weighted by molar-refractivity contribution is -0.139. The number of aryl methyl sites for hydroxylation is 1. The largest absolute Gasteiger partial charge is 0.474 e. The van der Waals surface area contributed by atoms with E-state index in [-0.39, 0.29) is 17.9 Å². The number of benzene rings is 1. The van der Waals surface area contributed by atoms with Crippen LogP contribution in [0.5, 0.6) is 5.88 Å². The fourth-order valence-electron chi connectivity index (χ4n) is 3.51. The van der Waals surface area contributed by atoms with Crippen molar-refractivity contribution in [2.75, 3.05) is 11.4 Å². The van der Waals surface area contributed by atoms with Crippen LogP contribution in [0.3, 0.4) is 0 Å². The molecule has 0 unspecified atom stereocenters. The molecule has 0 N–H and O–H groups in total. The van der Waals surface area contributed by atoms with Crippen LogP contribution in [0.15, 0.2) is 30.5 Å². The highest BCUT2D eigenvalue weighted by Crippen LogP contribution is 2.37. The number of halogens is 3. The molecule has 152 valence electrons. The van der Waals surface area contributed by atoms with Crippen LogP contribution in [0.2, 0.25) is 0 Å². The van der Waals surface area contributed by atoms with Crippen molar-refractivity contribution in [1.29, 1.82) is 0 Å². The zero-order valence-corrected chi connectivity index (χ0v) is 16.3. The van der Waals surface area contributed by atoms with Crippen LogP contribution in [-0.4, -0.2) is 22.6 Å². The first-order valence-electron chi connectivity index (χ1n) is 9.89. The van der Waals surface area contributed by atoms with Gasteiger partial charge in [-0.2, -0.15) is 18.2 Å². The van der Waals surface area contributed by atoms with Gasteiger partial charge in [-0.3, -0.25) is 0 Å². The normalized spacial score (nSPS) is 15.0. The van der Waals surface area contributed by atoms with E-state index in [0.717, 1.165) is 50.4 Å². The molecule has 0 atom stereocenters.